The maximum atomic E-state index is 12.4. The van der Waals surface area contributed by atoms with Crippen molar-refractivity contribution in [1.82, 2.24) is 15.0 Å². The van der Waals surface area contributed by atoms with Crippen LogP contribution in [-0.2, 0) is 22.6 Å². The third kappa shape index (κ3) is 4.07. The monoisotopic (exact) mass is 341 g/mol. The lowest BCUT2D eigenvalue weighted by Crippen LogP contribution is -2.38. The van der Waals surface area contributed by atoms with E-state index < -0.39 is 0 Å². The Morgan fingerprint density at radius 2 is 2.12 bits per heavy atom. The molecule has 2 aromatic rings. The molecular formula is C19H23N3O3. The number of amides is 2. The van der Waals surface area contributed by atoms with Crippen LogP contribution in [0, 0.1) is 0 Å². The Morgan fingerprint density at radius 1 is 1.36 bits per heavy atom. The number of likely N-dealkylation sites (N-methyl/N-ethyl adjacent to an activating group) is 1. The first kappa shape index (κ1) is 17.2. The second-order valence-corrected chi connectivity index (χ2v) is 6.47. The standard InChI is InChI=1S/C19H23N3O3/c1-3-16-10-17(25-20-16)12-21(2)19(24)13-22-11-15(9-18(22)23)14-7-5-4-6-8-14/h4-8,10,15H,3,9,11-13H2,1-2H3/t15-/m0/s1. The van der Waals surface area contributed by atoms with Crippen molar-refractivity contribution in [3.63, 3.8) is 0 Å². The predicted molar refractivity (Wildman–Crippen MR) is 92.7 cm³/mol. The molecule has 6 nitrogen and oxygen atoms in total. The minimum atomic E-state index is -0.100. The van der Waals surface area contributed by atoms with Crippen molar-refractivity contribution in [1.29, 1.82) is 0 Å². The van der Waals surface area contributed by atoms with Gasteiger partial charge in [-0.3, -0.25) is 9.59 Å². The van der Waals surface area contributed by atoms with Crippen molar-refractivity contribution in [2.75, 3.05) is 20.1 Å². The van der Waals surface area contributed by atoms with E-state index >= 15 is 0 Å². The summed E-state index contributed by atoms with van der Waals surface area (Å²) in [5.74, 6) is 0.746. The van der Waals surface area contributed by atoms with Gasteiger partial charge < -0.3 is 14.3 Å². The molecule has 1 atom stereocenters. The number of hydrogen-bond donors (Lipinski definition) is 0. The molecule has 1 aliphatic heterocycles. The van der Waals surface area contributed by atoms with Gasteiger partial charge in [0.05, 0.1) is 18.8 Å². The number of benzene rings is 1. The molecule has 3 rings (SSSR count). The van der Waals surface area contributed by atoms with E-state index in [4.69, 9.17) is 4.52 Å². The lowest BCUT2D eigenvalue weighted by molar-refractivity contribution is -0.138. The highest BCUT2D eigenvalue weighted by molar-refractivity contribution is 5.86. The highest BCUT2D eigenvalue weighted by Crippen LogP contribution is 2.27. The Labute approximate surface area is 147 Å². The largest absolute Gasteiger partial charge is 0.359 e. The minimum absolute atomic E-state index is 0.0311. The highest BCUT2D eigenvalue weighted by atomic mass is 16.5. The molecule has 0 saturated carbocycles. The van der Waals surface area contributed by atoms with Gasteiger partial charge in [-0.2, -0.15) is 0 Å². The molecule has 0 aliphatic carbocycles. The van der Waals surface area contributed by atoms with Gasteiger partial charge in [0.25, 0.3) is 0 Å². The van der Waals surface area contributed by atoms with Crippen molar-refractivity contribution in [3.8, 4) is 0 Å². The first-order valence-electron chi connectivity index (χ1n) is 8.58. The molecule has 2 heterocycles. The third-order valence-electron chi connectivity index (χ3n) is 4.60. The molecule has 0 radical (unpaired) electrons. The lowest BCUT2D eigenvalue weighted by atomic mass is 9.99. The normalized spacial score (nSPS) is 17.1. The number of carbonyl (C=O) groups is 2. The maximum Gasteiger partial charge on any atom is 0.242 e. The van der Waals surface area contributed by atoms with Crippen LogP contribution in [-0.4, -0.2) is 46.9 Å². The Hall–Kier alpha value is -2.63. The summed E-state index contributed by atoms with van der Waals surface area (Å²) in [4.78, 5) is 27.9. The fraction of sp³-hybridized carbons (Fsp3) is 0.421. The SMILES string of the molecule is CCc1cc(CN(C)C(=O)CN2C[C@@H](c3ccccc3)CC2=O)on1. The van der Waals surface area contributed by atoms with E-state index in [-0.39, 0.29) is 24.3 Å². The van der Waals surface area contributed by atoms with Gasteiger partial charge in [0.2, 0.25) is 11.8 Å². The van der Waals surface area contributed by atoms with Crippen molar-refractivity contribution in [2.24, 2.45) is 0 Å². The summed E-state index contributed by atoms with van der Waals surface area (Å²) >= 11 is 0. The van der Waals surface area contributed by atoms with Crippen LogP contribution in [0.5, 0.6) is 0 Å². The summed E-state index contributed by atoms with van der Waals surface area (Å²) in [6.07, 6.45) is 1.26. The molecular weight excluding hydrogens is 318 g/mol. The van der Waals surface area contributed by atoms with Crippen LogP contribution in [0.25, 0.3) is 0 Å². The molecule has 1 aliphatic rings. The molecule has 1 saturated heterocycles. The average molecular weight is 341 g/mol. The van der Waals surface area contributed by atoms with Gasteiger partial charge in [-0.05, 0) is 12.0 Å². The Kier molecular flexibility index (Phi) is 5.16. The molecule has 1 fully saturated rings. The van der Waals surface area contributed by atoms with Crippen molar-refractivity contribution >= 4 is 11.8 Å². The molecule has 25 heavy (non-hydrogen) atoms. The molecule has 1 aromatic heterocycles. The van der Waals surface area contributed by atoms with Gasteiger partial charge in [-0.25, -0.2) is 0 Å². The van der Waals surface area contributed by atoms with E-state index in [0.29, 0.717) is 25.3 Å². The highest BCUT2D eigenvalue weighted by Gasteiger charge is 2.32. The summed E-state index contributed by atoms with van der Waals surface area (Å²) in [6.45, 7) is 3.05. The first-order valence-corrected chi connectivity index (χ1v) is 8.58. The Balaban J connectivity index is 1.56. The van der Waals surface area contributed by atoms with Crippen LogP contribution in [0.3, 0.4) is 0 Å². The fourth-order valence-electron chi connectivity index (χ4n) is 3.08. The van der Waals surface area contributed by atoms with Gasteiger partial charge in [-0.15, -0.1) is 0 Å². The smallest absolute Gasteiger partial charge is 0.242 e. The van der Waals surface area contributed by atoms with Crippen molar-refractivity contribution in [3.05, 3.63) is 53.4 Å². The number of rotatable bonds is 6. The molecule has 132 valence electrons. The number of likely N-dealkylation sites (tertiary alicyclic amines) is 1. The van der Waals surface area contributed by atoms with Gasteiger partial charge in [-0.1, -0.05) is 42.4 Å². The lowest BCUT2D eigenvalue weighted by Gasteiger charge is -2.21. The van der Waals surface area contributed by atoms with E-state index in [1.54, 1.807) is 16.8 Å². The van der Waals surface area contributed by atoms with Gasteiger partial charge in [0, 0.05) is 32.0 Å². The van der Waals surface area contributed by atoms with Gasteiger partial charge in [0.15, 0.2) is 5.76 Å². The zero-order chi connectivity index (χ0) is 17.8. The molecule has 2 amide bonds. The molecule has 6 heteroatoms. The fourth-order valence-corrected chi connectivity index (χ4v) is 3.08. The predicted octanol–water partition coefficient (Wildman–Crippen LogP) is 2.21. The summed E-state index contributed by atoms with van der Waals surface area (Å²) in [5.41, 5.74) is 2.02. The van der Waals surface area contributed by atoms with Crippen LogP contribution in [0.4, 0.5) is 0 Å². The maximum absolute atomic E-state index is 12.4. The number of carbonyl (C=O) groups excluding carboxylic acids is 2. The number of aryl methyl sites for hydroxylation is 1. The van der Waals surface area contributed by atoms with Crippen molar-refractivity contribution < 1.29 is 14.1 Å². The first-order chi connectivity index (χ1) is 12.1. The van der Waals surface area contributed by atoms with Gasteiger partial charge >= 0.3 is 0 Å². The van der Waals surface area contributed by atoms with E-state index in [1.807, 2.05) is 43.3 Å². The quantitative estimate of drug-likeness (QED) is 0.808. The van der Waals surface area contributed by atoms with E-state index in [0.717, 1.165) is 17.7 Å². The topological polar surface area (TPSA) is 66.7 Å². The Morgan fingerprint density at radius 3 is 2.80 bits per heavy atom. The average Bonchev–Trinajstić information content (AvgIpc) is 3.22. The van der Waals surface area contributed by atoms with E-state index in [1.165, 1.54) is 0 Å². The zero-order valence-electron chi connectivity index (χ0n) is 14.6. The van der Waals surface area contributed by atoms with Crippen molar-refractivity contribution in [2.45, 2.75) is 32.2 Å². The van der Waals surface area contributed by atoms with Crippen LogP contribution < -0.4 is 0 Å². The van der Waals surface area contributed by atoms with Crippen LogP contribution in [0.2, 0.25) is 0 Å². The third-order valence-corrected chi connectivity index (χ3v) is 4.60. The van der Waals surface area contributed by atoms with Crippen LogP contribution >= 0.6 is 0 Å². The summed E-state index contributed by atoms with van der Waals surface area (Å²) in [7, 11) is 1.71. The molecule has 0 N–H and O–H groups in total. The minimum Gasteiger partial charge on any atom is -0.359 e. The molecule has 0 spiro atoms. The second-order valence-electron chi connectivity index (χ2n) is 6.47. The second kappa shape index (κ2) is 7.51. The van der Waals surface area contributed by atoms with Crippen LogP contribution in [0.1, 0.15) is 36.3 Å². The number of hydrogen-bond acceptors (Lipinski definition) is 4. The molecule has 1 aromatic carbocycles. The summed E-state index contributed by atoms with van der Waals surface area (Å²) in [5, 5.41) is 3.93. The Bertz CT molecular complexity index is 741. The van der Waals surface area contributed by atoms with Gasteiger partial charge in [0.1, 0.15) is 0 Å². The molecule has 0 unspecified atom stereocenters. The summed E-state index contributed by atoms with van der Waals surface area (Å²) < 4.78 is 5.22. The van der Waals surface area contributed by atoms with Crippen LogP contribution in [0.15, 0.2) is 40.9 Å². The summed E-state index contributed by atoms with van der Waals surface area (Å²) in [6, 6.07) is 11.8. The number of nitrogens with zero attached hydrogens (tertiary/aromatic N) is 3. The zero-order valence-corrected chi connectivity index (χ0v) is 14.6. The molecule has 0 bridgehead atoms. The number of aromatic nitrogens is 1. The van der Waals surface area contributed by atoms with E-state index in [2.05, 4.69) is 5.16 Å². The van der Waals surface area contributed by atoms with E-state index in [9.17, 15) is 9.59 Å².